The Bertz CT molecular complexity index is 1410. The highest BCUT2D eigenvalue weighted by Gasteiger charge is 2.42. The molecule has 0 N–H and O–H groups in total. The van der Waals surface area contributed by atoms with Crippen LogP contribution in [0.4, 0.5) is 0 Å². The van der Waals surface area contributed by atoms with Gasteiger partial charge in [-0.3, -0.25) is 0 Å². The van der Waals surface area contributed by atoms with Crippen LogP contribution in [0.5, 0.6) is 0 Å². The number of hydrogen-bond donors (Lipinski definition) is 0. The van der Waals surface area contributed by atoms with Gasteiger partial charge in [-0.05, 0) is 57.1 Å². The first-order valence-electron chi connectivity index (χ1n) is 11.7. The lowest BCUT2D eigenvalue weighted by atomic mass is 10.4. The summed E-state index contributed by atoms with van der Waals surface area (Å²) in [7, 11) is -2.62. The van der Waals surface area contributed by atoms with Crippen molar-refractivity contribution in [2.45, 2.75) is 0 Å². The van der Waals surface area contributed by atoms with Crippen LogP contribution in [0.2, 0.25) is 0 Å². The van der Waals surface area contributed by atoms with Crippen LogP contribution in [-0.4, -0.2) is 27.2 Å². The fraction of sp³-hybridized carbons (Fsp3) is 0. The maximum absolute atomic E-state index is 4.57. The van der Waals surface area contributed by atoms with E-state index in [9.17, 15) is 0 Å². The maximum Gasteiger partial charge on any atom is 0.182 e. The summed E-state index contributed by atoms with van der Waals surface area (Å²) in [5, 5.41) is 5.28. The zero-order valence-electron chi connectivity index (χ0n) is 19.1. The van der Waals surface area contributed by atoms with E-state index in [0.717, 1.165) is 11.6 Å². The van der Waals surface area contributed by atoms with Gasteiger partial charge < -0.3 is 9.13 Å². The Hall–Kier alpha value is -4.48. The summed E-state index contributed by atoms with van der Waals surface area (Å²) in [5.41, 5.74) is 0. The van der Waals surface area contributed by atoms with E-state index in [1.54, 1.807) is 0 Å². The van der Waals surface area contributed by atoms with Gasteiger partial charge in [-0.2, -0.15) is 0 Å². The van der Waals surface area contributed by atoms with Crippen LogP contribution in [0.25, 0.3) is 11.6 Å². The molecule has 0 fully saturated rings. The van der Waals surface area contributed by atoms with Gasteiger partial charge in [0.2, 0.25) is 0 Å². The van der Waals surface area contributed by atoms with Crippen LogP contribution in [-0.2, 0) is 0 Å². The molecular weight excluding hydrogens is 444 g/mol. The molecule has 4 aromatic heterocycles. The van der Waals surface area contributed by atoms with Gasteiger partial charge in [0.15, 0.2) is 8.07 Å². The number of hydrogen-bond acceptors (Lipinski definition) is 2. The van der Waals surface area contributed by atoms with Gasteiger partial charge >= 0.3 is 0 Å². The maximum atomic E-state index is 4.57. The molecular formula is C30H24N4Si. The van der Waals surface area contributed by atoms with Gasteiger partial charge in [-0.1, -0.05) is 72.8 Å². The first-order chi connectivity index (χ1) is 17.4. The molecule has 4 nitrogen and oxygen atoms in total. The van der Waals surface area contributed by atoms with E-state index in [0.29, 0.717) is 0 Å². The quantitative estimate of drug-likeness (QED) is 0.351. The smallest absolute Gasteiger partial charge is 0.182 e. The Morgan fingerprint density at radius 2 is 0.857 bits per heavy atom. The second kappa shape index (κ2) is 9.04. The Morgan fingerprint density at radius 3 is 1.26 bits per heavy atom. The molecule has 0 bridgehead atoms. The summed E-state index contributed by atoms with van der Waals surface area (Å²) in [6.45, 7) is 0. The largest absolute Gasteiger partial charge is 0.309 e. The van der Waals surface area contributed by atoms with Crippen LogP contribution in [0, 0.1) is 0 Å². The van der Waals surface area contributed by atoms with Gasteiger partial charge in [0.05, 0.1) is 0 Å². The molecule has 0 atom stereocenters. The second-order valence-electron chi connectivity index (χ2n) is 8.47. The zero-order chi connectivity index (χ0) is 23.5. The fourth-order valence-electron chi connectivity index (χ4n) is 4.91. The van der Waals surface area contributed by atoms with Gasteiger partial charge in [0.25, 0.3) is 0 Å². The van der Waals surface area contributed by atoms with E-state index in [2.05, 4.69) is 117 Å². The van der Waals surface area contributed by atoms with E-state index in [1.807, 2.05) is 48.8 Å². The number of rotatable bonds is 6. The minimum Gasteiger partial charge on any atom is -0.309 e. The number of nitrogens with zero attached hydrogens (tertiary/aromatic N) is 4. The van der Waals surface area contributed by atoms with Crippen molar-refractivity contribution in [2.24, 2.45) is 0 Å². The Kier molecular flexibility index (Phi) is 5.45. The SMILES string of the molecule is c1ccc([Si](c2ccccc2)(c2ccn(-c3ccccn3)c2)c2ccn(-c3ccccn3)c2)cc1. The Balaban J connectivity index is 1.62. The highest BCUT2D eigenvalue weighted by atomic mass is 28.3. The lowest BCUT2D eigenvalue weighted by molar-refractivity contribution is 1.01. The molecule has 0 radical (unpaired) electrons. The van der Waals surface area contributed by atoms with E-state index in [1.165, 1.54) is 20.7 Å². The van der Waals surface area contributed by atoms with Crippen LogP contribution in [0.15, 0.2) is 146 Å². The Morgan fingerprint density at radius 1 is 0.429 bits per heavy atom. The molecule has 6 rings (SSSR count). The van der Waals surface area contributed by atoms with Crippen LogP contribution >= 0.6 is 0 Å². The minimum atomic E-state index is -2.62. The molecule has 0 amide bonds. The minimum absolute atomic E-state index is 0.911. The molecule has 0 aliphatic rings. The van der Waals surface area contributed by atoms with Crippen molar-refractivity contribution in [2.75, 3.05) is 0 Å². The van der Waals surface area contributed by atoms with Crippen molar-refractivity contribution in [3.8, 4) is 11.6 Å². The summed E-state index contributed by atoms with van der Waals surface area (Å²) in [5.74, 6) is 1.82. The van der Waals surface area contributed by atoms with E-state index in [-0.39, 0.29) is 0 Å². The van der Waals surface area contributed by atoms with Crippen molar-refractivity contribution in [1.29, 1.82) is 0 Å². The molecule has 0 aliphatic carbocycles. The van der Waals surface area contributed by atoms with E-state index in [4.69, 9.17) is 0 Å². The highest BCUT2D eigenvalue weighted by molar-refractivity contribution is 7.19. The average molecular weight is 469 g/mol. The molecule has 0 unspecified atom stereocenters. The van der Waals surface area contributed by atoms with E-state index < -0.39 is 8.07 Å². The predicted octanol–water partition coefficient (Wildman–Crippen LogP) is 3.44. The molecule has 35 heavy (non-hydrogen) atoms. The zero-order valence-corrected chi connectivity index (χ0v) is 20.1. The van der Waals surface area contributed by atoms with Crippen molar-refractivity contribution in [3.63, 3.8) is 0 Å². The fourth-order valence-corrected chi connectivity index (χ4v) is 9.61. The predicted molar refractivity (Wildman–Crippen MR) is 144 cm³/mol. The third kappa shape index (κ3) is 3.72. The molecule has 0 saturated carbocycles. The first-order valence-corrected chi connectivity index (χ1v) is 13.7. The van der Waals surface area contributed by atoms with E-state index >= 15 is 0 Å². The standard InChI is InChI=1S/C30H24N4Si/c1-3-11-25(12-4-1)35(26-13-5-2-6-14-26,27-17-21-33(23-27)29-15-7-9-19-31-29)28-18-22-34(24-28)30-16-8-10-20-32-30/h1-24H. The van der Waals surface area contributed by atoms with Crippen LogP contribution in [0.1, 0.15) is 0 Å². The Labute approximate surface area is 205 Å². The summed E-state index contributed by atoms with van der Waals surface area (Å²) in [6, 6.07) is 38.4. The molecule has 0 spiro atoms. The van der Waals surface area contributed by atoms with Crippen LogP contribution < -0.4 is 20.7 Å². The molecule has 4 heterocycles. The summed E-state index contributed by atoms with van der Waals surface area (Å²) in [4.78, 5) is 9.14. The summed E-state index contributed by atoms with van der Waals surface area (Å²) < 4.78 is 4.25. The molecule has 5 heteroatoms. The lowest BCUT2D eigenvalue weighted by Gasteiger charge is -2.32. The lowest BCUT2D eigenvalue weighted by Crippen LogP contribution is -2.74. The van der Waals surface area contributed by atoms with Crippen molar-refractivity contribution < 1.29 is 0 Å². The number of benzene rings is 2. The number of aromatic nitrogens is 4. The molecule has 0 saturated heterocycles. The summed E-state index contributed by atoms with van der Waals surface area (Å²) >= 11 is 0. The summed E-state index contributed by atoms with van der Waals surface area (Å²) in [6.07, 6.45) is 12.4. The van der Waals surface area contributed by atoms with Gasteiger partial charge in [0.1, 0.15) is 11.6 Å². The van der Waals surface area contributed by atoms with Crippen molar-refractivity contribution >= 4 is 28.8 Å². The topological polar surface area (TPSA) is 35.6 Å². The molecule has 2 aromatic carbocycles. The average Bonchev–Trinajstić information content (AvgIpc) is 3.63. The third-order valence-corrected chi connectivity index (χ3v) is 11.2. The van der Waals surface area contributed by atoms with Crippen molar-refractivity contribution in [3.05, 3.63) is 146 Å². The van der Waals surface area contributed by atoms with Gasteiger partial charge in [-0.25, -0.2) is 9.97 Å². The normalized spacial score (nSPS) is 11.4. The van der Waals surface area contributed by atoms with Crippen LogP contribution in [0.3, 0.4) is 0 Å². The van der Waals surface area contributed by atoms with Crippen molar-refractivity contribution in [1.82, 2.24) is 19.1 Å². The number of pyridine rings is 2. The monoisotopic (exact) mass is 468 g/mol. The first kappa shape index (κ1) is 21.1. The molecule has 6 aromatic rings. The third-order valence-electron chi connectivity index (χ3n) is 6.49. The van der Waals surface area contributed by atoms with Gasteiger partial charge in [-0.15, -0.1) is 0 Å². The van der Waals surface area contributed by atoms with Gasteiger partial charge in [0, 0.05) is 37.2 Å². The molecule has 168 valence electrons. The molecule has 0 aliphatic heterocycles. The second-order valence-corrected chi connectivity index (χ2v) is 12.3. The highest BCUT2D eigenvalue weighted by Crippen LogP contribution is 2.13.